The molecule has 2 aliphatic rings. The third kappa shape index (κ3) is 4.23. The van der Waals surface area contributed by atoms with Crippen molar-refractivity contribution in [3.8, 4) is 10.4 Å². The lowest BCUT2D eigenvalue weighted by Gasteiger charge is -2.44. The van der Waals surface area contributed by atoms with Gasteiger partial charge < -0.3 is 15.0 Å². The fourth-order valence-corrected chi connectivity index (χ4v) is 5.72. The summed E-state index contributed by atoms with van der Waals surface area (Å²) >= 11 is 1.88. The number of piperidine rings is 1. The average molecular weight is 413 g/mol. The number of thiophene rings is 1. The molecule has 5 nitrogen and oxygen atoms in total. The van der Waals surface area contributed by atoms with E-state index in [1.54, 1.807) is 0 Å². The highest BCUT2D eigenvalue weighted by atomic mass is 32.1. The van der Waals surface area contributed by atoms with Gasteiger partial charge in [0.15, 0.2) is 0 Å². The molecule has 2 aromatic rings. The zero-order chi connectivity index (χ0) is 20.4. The van der Waals surface area contributed by atoms with E-state index in [0.717, 1.165) is 25.9 Å². The van der Waals surface area contributed by atoms with Gasteiger partial charge in [-0.05, 0) is 37.0 Å². The maximum atomic E-state index is 12.6. The molecule has 0 aliphatic carbocycles. The van der Waals surface area contributed by atoms with Crippen LogP contribution in [-0.4, -0.2) is 42.5 Å². The standard InChI is InChI=1S/C23H28N2O3S/c1-16(24-17(2)26)14-22(27)25-11-9-23(10-12-25)19-15-21(18-6-4-3-5-7-18)29-20(19)8-13-28-23/h3-7,15-16H,8-14H2,1-2H3,(H,24,26). The fourth-order valence-electron chi connectivity index (χ4n) is 4.48. The minimum Gasteiger partial charge on any atom is -0.370 e. The van der Waals surface area contributed by atoms with Gasteiger partial charge in [0.25, 0.3) is 0 Å². The second-order valence-electron chi connectivity index (χ2n) is 8.09. The summed E-state index contributed by atoms with van der Waals surface area (Å²) in [5, 5.41) is 2.79. The monoisotopic (exact) mass is 412 g/mol. The fraction of sp³-hybridized carbons (Fsp3) is 0.478. The van der Waals surface area contributed by atoms with E-state index in [0.29, 0.717) is 19.5 Å². The van der Waals surface area contributed by atoms with Crippen molar-refractivity contribution in [1.29, 1.82) is 0 Å². The number of nitrogens with zero attached hydrogens (tertiary/aromatic N) is 1. The summed E-state index contributed by atoms with van der Waals surface area (Å²) < 4.78 is 6.36. The number of benzene rings is 1. The molecule has 2 amide bonds. The van der Waals surface area contributed by atoms with Gasteiger partial charge in [0.2, 0.25) is 11.8 Å². The van der Waals surface area contributed by atoms with Crippen LogP contribution >= 0.6 is 11.3 Å². The number of nitrogens with one attached hydrogen (secondary N) is 1. The van der Waals surface area contributed by atoms with Gasteiger partial charge in [-0.1, -0.05) is 30.3 Å². The quantitative estimate of drug-likeness (QED) is 0.833. The average Bonchev–Trinajstić information content (AvgIpc) is 3.15. The van der Waals surface area contributed by atoms with Crippen LogP contribution < -0.4 is 5.32 Å². The first-order valence-corrected chi connectivity index (χ1v) is 11.2. The van der Waals surface area contributed by atoms with Crippen molar-refractivity contribution in [2.45, 2.75) is 51.2 Å². The normalized spacial score (nSPS) is 18.9. The summed E-state index contributed by atoms with van der Waals surface area (Å²) in [6.45, 7) is 5.49. The van der Waals surface area contributed by atoms with E-state index < -0.39 is 0 Å². The third-order valence-electron chi connectivity index (χ3n) is 5.92. The number of likely N-dealkylation sites (tertiary alicyclic amines) is 1. The van der Waals surface area contributed by atoms with Crippen LogP contribution in [0.2, 0.25) is 0 Å². The Balaban J connectivity index is 1.46. The van der Waals surface area contributed by atoms with Gasteiger partial charge in [-0.3, -0.25) is 9.59 Å². The number of carbonyl (C=O) groups is 2. The lowest BCUT2D eigenvalue weighted by molar-refractivity contribution is -0.141. The Morgan fingerprint density at radius 3 is 2.66 bits per heavy atom. The van der Waals surface area contributed by atoms with Crippen LogP contribution in [-0.2, 0) is 26.3 Å². The molecule has 2 aliphatic heterocycles. The summed E-state index contributed by atoms with van der Waals surface area (Å²) in [6.07, 6.45) is 2.96. The van der Waals surface area contributed by atoms with Gasteiger partial charge in [-0.15, -0.1) is 11.3 Å². The number of ether oxygens (including phenoxy) is 1. The Hall–Kier alpha value is -2.18. The molecule has 1 N–H and O–H groups in total. The molecule has 1 fully saturated rings. The van der Waals surface area contributed by atoms with Crippen molar-refractivity contribution < 1.29 is 14.3 Å². The molecule has 6 heteroatoms. The molecule has 0 radical (unpaired) electrons. The van der Waals surface area contributed by atoms with Crippen LogP contribution in [0.5, 0.6) is 0 Å². The van der Waals surface area contributed by atoms with Crippen molar-refractivity contribution in [3.05, 3.63) is 46.8 Å². The molecule has 1 aromatic heterocycles. The number of hydrogen-bond acceptors (Lipinski definition) is 4. The second kappa shape index (κ2) is 8.28. The lowest BCUT2D eigenvalue weighted by Crippen LogP contribution is -2.49. The Labute approximate surface area is 176 Å². The summed E-state index contributed by atoms with van der Waals surface area (Å²) in [7, 11) is 0. The van der Waals surface area contributed by atoms with Gasteiger partial charge >= 0.3 is 0 Å². The number of carbonyl (C=O) groups excluding carboxylic acids is 2. The Bertz CT molecular complexity index is 885. The Kier molecular flexibility index (Phi) is 5.74. The van der Waals surface area contributed by atoms with E-state index in [1.165, 1.54) is 27.8 Å². The predicted molar refractivity (Wildman–Crippen MR) is 115 cm³/mol. The maximum absolute atomic E-state index is 12.6. The van der Waals surface area contributed by atoms with Crippen LogP contribution in [0.25, 0.3) is 10.4 Å². The van der Waals surface area contributed by atoms with Crippen LogP contribution in [0.1, 0.15) is 43.6 Å². The van der Waals surface area contributed by atoms with Crippen LogP contribution in [0, 0.1) is 0 Å². The van der Waals surface area contributed by atoms with Crippen LogP contribution in [0.4, 0.5) is 0 Å². The molecule has 3 heterocycles. The topological polar surface area (TPSA) is 58.6 Å². The smallest absolute Gasteiger partial charge is 0.224 e. The van der Waals surface area contributed by atoms with Crippen molar-refractivity contribution in [3.63, 3.8) is 0 Å². The van der Waals surface area contributed by atoms with E-state index >= 15 is 0 Å². The van der Waals surface area contributed by atoms with Gasteiger partial charge in [0.1, 0.15) is 0 Å². The van der Waals surface area contributed by atoms with E-state index in [2.05, 4.69) is 35.6 Å². The van der Waals surface area contributed by atoms with E-state index in [-0.39, 0.29) is 23.5 Å². The maximum Gasteiger partial charge on any atom is 0.224 e. The molecule has 0 bridgehead atoms. The highest BCUT2D eigenvalue weighted by Crippen LogP contribution is 2.46. The Morgan fingerprint density at radius 2 is 1.97 bits per heavy atom. The number of hydrogen-bond donors (Lipinski definition) is 1. The van der Waals surface area contributed by atoms with E-state index in [1.807, 2.05) is 29.2 Å². The lowest BCUT2D eigenvalue weighted by atomic mass is 9.82. The molecular weight excluding hydrogens is 384 g/mol. The summed E-state index contributed by atoms with van der Waals surface area (Å²) in [5.74, 6) is 0.00476. The molecule has 0 saturated carbocycles. The van der Waals surface area contributed by atoms with Crippen LogP contribution in [0.3, 0.4) is 0 Å². The molecule has 154 valence electrons. The summed E-state index contributed by atoms with van der Waals surface area (Å²) in [6, 6.07) is 12.7. The number of fused-ring (bicyclic) bond motifs is 2. The van der Waals surface area contributed by atoms with Crippen molar-refractivity contribution in [2.24, 2.45) is 0 Å². The molecule has 1 aromatic carbocycles. The van der Waals surface area contributed by atoms with E-state index in [4.69, 9.17) is 4.74 Å². The molecule has 4 rings (SSSR count). The highest BCUT2D eigenvalue weighted by Gasteiger charge is 2.42. The molecule has 1 saturated heterocycles. The van der Waals surface area contributed by atoms with Gasteiger partial charge in [0.05, 0.1) is 12.2 Å². The molecule has 1 atom stereocenters. The summed E-state index contributed by atoms with van der Waals surface area (Å²) in [5.41, 5.74) is 2.31. The number of amides is 2. The first kappa shape index (κ1) is 20.1. The first-order chi connectivity index (χ1) is 14.0. The zero-order valence-corrected chi connectivity index (χ0v) is 17.9. The first-order valence-electron chi connectivity index (χ1n) is 10.3. The molecule has 29 heavy (non-hydrogen) atoms. The predicted octanol–water partition coefficient (Wildman–Crippen LogP) is 3.72. The van der Waals surface area contributed by atoms with Crippen molar-refractivity contribution in [2.75, 3.05) is 19.7 Å². The zero-order valence-electron chi connectivity index (χ0n) is 17.1. The minimum absolute atomic E-state index is 0.0993. The van der Waals surface area contributed by atoms with Gasteiger partial charge in [-0.2, -0.15) is 0 Å². The highest BCUT2D eigenvalue weighted by molar-refractivity contribution is 7.15. The third-order valence-corrected chi connectivity index (χ3v) is 7.16. The van der Waals surface area contributed by atoms with Crippen LogP contribution in [0.15, 0.2) is 36.4 Å². The summed E-state index contributed by atoms with van der Waals surface area (Å²) in [4.78, 5) is 28.5. The largest absolute Gasteiger partial charge is 0.370 e. The Morgan fingerprint density at radius 1 is 1.24 bits per heavy atom. The van der Waals surface area contributed by atoms with E-state index in [9.17, 15) is 9.59 Å². The van der Waals surface area contributed by atoms with Gasteiger partial charge in [-0.25, -0.2) is 0 Å². The van der Waals surface area contributed by atoms with Crippen molar-refractivity contribution in [1.82, 2.24) is 10.2 Å². The van der Waals surface area contributed by atoms with Gasteiger partial charge in [0, 0.05) is 48.7 Å². The second-order valence-corrected chi connectivity index (χ2v) is 9.23. The SMILES string of the molecule is CC(=O)NC(C)CC(=O)N1CCC2(CC1)OCCc1sc(-c3ccccc3)cc12. The molecule has 1 spiro atoms. The van der Waals surface area contributed by atoms with Crippen molar-refractivity contribution >= 4 is 23.2 Å². The minimum atomic E-state index is -0.267. The molecule has 1 unspecified atom stereocenters. The number of rotatable bonds is 4. The molecular formula is C23H28N2O3S.